The number of thiazole rings is 1. The Labute approximate surface area is 180 Å². The number of benzene rings is 2. The lowest BCUT2D eigenvalue weighted by molar-refractivity contribution is -0.111. The van der Waals surface area contributed by atoms with Gasteiger partial charge in [0.2, 0.25) is 5.91 Å². The van der Waals surface area contributed by atoms with Gasteiger partial charge in [-0.05, 0) is 43.3 Å². The van der Waals surface area contributed by atoms with Crippen LogP contribution in [0.2, 0.25) is 0 Å². The van der Waals surface area contributed by atoms with Crippen LogP contribution in [-0.4, -0.2) is 31.2 Å². The second-order valence-corrected chi connectivity index (χ2v) is 7.43. The van der Waals surface area contributed by atoms with Gasteiger partial charge in [0.05, 0.1) is 17.3 Å². The molecule has 0 saturated heterocycles. The van der Waals surface area contributed by atoms with E-state index in [9.17, 15) is 4.79 Å². The van der Waals surface area contributed by atoms with Crippen LogP contribution in [0, 0.1) is 6.92 Å². The summed E-state index contributed by atoms with van der Waals surface area (Å²) in [6.07, 6.45) is 3.22. The Morgan fingerprint density at radius 3 is 2.63 bits per heavy atom. The van der Waals surface area contributed by atoms with Gasteiger partial charge in [-0.15, -0.1) is 11.3 Å². The van der Waals surface area contributed by atoms with Crippen molar-refractivity contribution in [3.8, 4) is 11.5 Å². The monoisotopic (exact) mass is 424 g/mol. The van der Waals surface area contributed by atoms with Crippen molar-refractivity contribution < 1.29 is 19.0 Å². The fourth-order valence-electron chi connectivity index (χ4n) is 2.60. The van der Waals surface area contributed by atoms with E-state index >= 15 is 0 Å². The van der Waals surface area contributed by atoms with Gasteiger partial charge in [0, 0.05) is 29.8 Å². The number of hydrogen-bond acceptors (Lipinski definition) is 6. The highest BCUT2D eigenvalue weighted by molar-refractivity contribution is 7.09. The lowest BCUT2D eigenvalue weighted by Gasteiger charge is -2.08. The minimum atomic E-state index is -0.229. The molecule has 30 heavy (non-hydrogen) atoms. The SMILES string of the molecule is COCCOc1ccc(NC(=O)/C=C/c2ccccc2OCc2csc(C)n2)cc1. The number of anilines is 1. The molecule has 1 aromatic heterocycles. The number of para-hydroxylation sites is 1. The molecule has 0 bridgehead atoms. The molecule has 1 amide bonds. The van der Waals surface area contributed by atoms with Crippen LogP contribution >= 0.6 is 11.3 Å². The molecule has 0 aliphatic heterocycles. The van der Waals surface area contributed by atoms with E-state index in [1.807, 2.05) is 36.6 Å². The topological polar surface area (TPSA) is 69.7 Å². The second-order valence-electron chi connectivity index (χ2n) is 6.37. The molecule has 0 aliphatic rings. The van der Waals surface area contributed by atoms with E-state index in [0.717, 1.165) is 22.0 Å². The Kier molecular flexibility index (Phi) is 8.00. The Morgan fingerprint density at radius 1 is 1.10 bits per heavy atom. The second kappa shape index (κ2) is 11.1. The van der Waals surface area contributed by atoms with Crippen molar-refractivity contribution in [2.45, 2.75) is 13.5 Å². The van der Waals surface area contributed by atoms with Gasteiger partial charge in [-0.1, -0.05) is 18.2 Å². The van der Waals surface area contributed by atoms with Crippen LogP contribution in [0.4, 0.5) is 5.69 Å². The molecule has 3 aromatic rings. The van der Waals surface area contributed by atoms with Crippen LogP contribution in [0.5, 0.6) is 11.5 Å². The molecule has 1 N–H and O–H groups in total. The van der Waals surface area contributed by atoms with Crippen molar-refractivity contribution in [3.63, 3.8) is 0 Å². The van der Waals surface area contributed by atoms with Crippen LogP contribution in [-0.2, 0) is 16.1 Å². The van der Waals surface area contributed by atoms with Crippen LogP contribution in [0.15, 0.2) is 60.0 Å². The molecule has 0 aliphatic carbocycles. The maximum atomic E-state index is 12.3. The first kappa shape index (κ1) is 21.5. The first-order chi connectivity index (χ1) is 14.6. The lowest BCUT2D eigenvalue weighted by atomic mass is 10.2. The molecular formula is C23H24N2O4S. The van der Waals surface area contributed by atoms with Gasteiger partial charge < -0.3 is 19.5 Å². The van der Waals surface area contributed by atoms with Crippen molar-refractivity contribution >= 4 is 29.0 Å². The number of aromatic nitrogens is 1. The zero-order valence-electron chi connectivity index (χ0n) is 17.0. The average Bonchev–Trinajstić information content (AvgIpc) is 3.18. The fourth-order valence-corrected chi connectivity index (χ4v) is 3.20. The van der Waals surface area contributed by atoms with E-state index < -0.39 is 0 Å². The van der Waals surface area contributed by atoms with E-state index in [1.54, 1.807) is 48.8 Å². The summed E-state index contributed by atoms with van der Waals surface area (Å²) in [5.41, 5.74) is 2.40. The number of rotatable bonds is 10. The standard InChI is InChI=1S/C23H24N2O4S/c1-17-24-20(16-30-17)15-29-22-6-4-3-5-18(22)7-12-23(26)25-19-8-10-21(11-9-19)28-14-13-27-2/h3-12,16H,13-15H2,1-2H3,(H,25,26)/b12-7+. The highest BCUT2D eigenvalue weighted by Crippen LogP contribution is 2.21. The summed E-state index contributed by atoms with van der Waals surface area (Å²) in [6, 6.07) is 14.8. The Balaban J connectivity index is 1.55. The van der Waals surface area contributed by atoms with Gasteiger partial charge in [-0.2, -0.15) is 0 Å². The van der Waals surface area contributed by atoms with Gasteiger partial charge in [-0.25, -0.2) is 4.98 Å². The molecule has 1 heterocycles. The number of carbonyl (C=O) groups is 1. The number of carbonyl (C=O) groups excluding carboxylic acids is 1. The van der Waals surface area contributed by atoms with Gasteiger partial charge >= 0.3 is 0 Å². The third kappa shape index (κ3) is 6.72. The smallest absolute Gasteiger partial charge is 0.248 e. The van der Waals surface area contributed by atoms with Crippen molar-refractivity contribution in [2.24, 2.45) is 0 Å². The molecule has 156 valence electrons. The maximum absolute atomic E-state index is 12.3. The van der Waals surface area contributed by atoms with Crippen molar-refractivity contribution in [3.05, 3.63) is 76.3 Å². The third-order valence-corrected chi connectivity index (χ3v) is 4.88. The van der Waals surface area contributed by atoms with E-state index in [2.05, 4.69) is 10.3 Å². The number of aryl methyl sites for hydroxylation is 1. The first-order valence-corrected chi connectivity index (χ1v) is 10.4. The molecule has 6 nitrogen and oxygen atoms in total. The van der Waals surface area contributed by atoms with Crippen molar-refractivity contribution in [1.82, 2.24) is 4.98 Å². The molecule has 0 spiro atoms. The normalized spacial score (nSPS) is 10.9. The molecule has 0 fully saturated rings. The first-order valence-electron chi connectivity index (χ1n) is 9.48. The van der Waals surface area contributed by atoms with Crippen molar-refractivity contribution in [2.75, 3.05) is 25.6 Å². The summed E-state index contributed by atoms with van der Waals surface area (Å²) in [6.45, 7) is 3.36. The molecule has 2 aromatic carbocycles. The molecule has 0 radical (unpaired) electrons. The predicted octanol–water partition coefficient (Wildman–Crippen LogP) is 4.71. The zero-order chi connectivity index (χ0) is 21.2. The summed E-state index contributed by atoms with van der Waals surface area (Å²) in [5, 5.41) is 5.82. The summed E-state index contributed by atoms with van der Waals surface area (Å²) in [4.78, 5) is 16.7. The van der Waals surface area contributed by atoms with Crippen LogP contribution in [0.25, 0.3) is 6.08 Å². The number of amides is 1. The lowest BCUT2D eigenvalue weighted by Crippen LogP contribution is -2.08. The van der Waals surface area contributed by atoms with Gasteiger partial charge in [0.1, 0.15) is 24.7 Å². The number of methoxy groups -OCH3 is 1. The fraction of sp³-hybridized carbons (Fsp3) is 0.217. The van der Waals surface area contributed by atoms with E-state index in [-0.39, 0.29) is 5.91 Å². The van der Waals surface area contributed by atoms with Gasteiger partial charge in [0.25, 0.3) is 0 Å². The number of nitrogens with one attached hydrogen (secondary N) is 1. The highest BCUT2D eigenvalue weighted by Gasteiger charge is 2.04. The quantitative estimate of drug-likeness (QED) is 0.377. The van der Waals surface area contributed by atoms with Crippen molar-refractivity contribution in [1.29, 1.82) is 0 Å². The van der Waals surface area contributed by atoms with Gasteiger partial charge in [-0.3, -0.25) is 4.79 Å². The minimum Gasteiger partial charge on any atom is -0.491 e. The van der Waals surface area contributed by atoms with Crippen LogP contribution in [0.3, 0.4) is 0 Å². The van der Waals surface area contributed by atoms with E-state index in [4.69, 9.17) is 14.2 Å². The summed E-state index contributed by atoms with van der Waals surface area (Å²) in [5.74, 6) is 1.19. The maximum Gasteiger partial charge on any atom is 0.248 e. The molecule has 0 saturated carbocycles. The Hall–Kier alpha value is -3.16. The zero-order valence-corrected chi connectivity index (χ0v) is 17.8. The van der Waals surface area contributed by atoms with Crippen LogP contribution < -0.4 is 14.8 Å². The predicted molar refractivity (Wildman–Crippen MR) is 119 cm³/mol. The van der Waals surface area contributed by atoms with E-state index in [0.29, 0.717) is 31.3 Å². The number of ether oxygens (including phenoxy) is 3. The Morgan fingerprint density at radius 2 is 1.90 bits per heavy atom. The molecule has 0 atom stereocenters. The summed E-state index contributed by atoms with van der Waals surface area (Å²) < 4.78 is 16.3. The molecule has 0 unspecified atom stereocenters. The molecular weight excluding hydrogens is 400 g/mol. The largest absolute Gasteiger partial charge is 0.491 e. The Bertz CT molecular complexity index is 983. The molecule has 3 rings (SSSR count). The minimum absolute atomic E-state index is 0.229. The molecule has 7 heteroatoms. The number of hydrogen-bond donors (Lipinski definition) is 1. The summed E-state index contributed by atoms with van der Waals surface area (Å²) in [7, 11) is 1.63. The van der Waals surface area contributed by atoms with E-state index in [1.165, 1.54) is 6.08 Å². The third-order valence-electron chi connectivity index (χ3n) is 4.05. The number of nitrogens with zero attached hydrogens (tertiary/aromatic N) is 1. The average molecular weight is 425 g/mol. The van der Waals surface area contributed by atoms with Gasteiger partial charge in [0.15, 0.2) is 0 Å². The van der Waals surface area contributed by atoms with Crippen LogP contribution in [0.1, 0.15) is 16.3 Å². The summed E-state index contributed by atoms with van der Waals surface area (Å²) >= 11 is 1.59. The highest BCUT2D eigenvalue weighted by atomic mass is 32.1.